The maximum absolute atomic E-state index is 15.5. The predicted octanol–water partition coefficient (Wildman–Crippen LogP) is 5.69. The van der Waals surface area contributed by atoms with Gasteiger partial charge in [0, 0.05) is 39.0 Å². The van der Waals surface area contributed by atoms with Crippen molar-refractivity contribution in [3.63, 3.8) is 0 Å². The van der Waals surface area contributed by atoms with Crippen LogP contribution in [-0.4, -0.2) is 10.4 Å². The summed E-state index contributed by atoms with van der Waals surface area (Å²) in [5.74, 6) is -0.706. The summed E-state index contributed by atoms with van der Waals surface area (Å²) < 4.78 is 17.5. The SMILES string of the molecule is CC(=O)c1cn(C2CC2)c2c(C)c(-c3cc4c(s3)C(N)C(C)(C)CC4)c(F)cc2c1=O. The maximum Gasteiger partial charge on any atom is 0.200 e. The van der Waals surface area contributed by atoms with E-state index in [2.05, 4.69) is 19.9 Å². The molecule has 31 heavy (non-hydrogen) atoms. The first-order valence-electron chi connectivity index (χ1n) is 10.9. The average molecular weight is 439 g/mol. The lowest BCUT2D eigenvalue weighted by Gasteiger charge is -2.35. The van der Waals surface area contributed by atoms with E-state index >= 15 is 4.39 Å². The number of benzene rings is 1. The number of nitrogens with zero attached hydrogens (tertiary/aromatic N) is 1. The van der Waals surface area contributed by atoms with Crippen molar-refractivity contribution in [3.05, 3.63) is 55.9 Å². The second-order valence-electron chi connectivity index (χ2n) is 9.79. The number of hydrogen-bond acceptors (Lipinski definition) is 4. The van der Waals surface area contributed by atoms with Crippen molar-refractivity contribution in [2.75, 3.05) is 0 Å². The highest BCUT2D eigenvalue weighted by Crippen LogP contribution is 2.48. The Morgan fingerprint density at radius 1 is 1.29 bits per heavy atom. The van der Waals surface area contributed by atoms with Crippen LogP contribution in [-0.2, 0) is 6.42 Å². The van der Waals surface area contributed by atoms with Crippen molar-refractivity contribution in [1.82, 2.24) is 4.57 Å². The topological polar surface area (TPSA) is 65.1 Å². The molecule has 1 atom stereocenters. The van der Waals surface area contributed by atoms with Crippen LogP contribution in [0.4, 0.5) is 4.39 Å². The Bertz CT molecular complexity index is 1310. The number of aryl methyl sites for hydroxylation is 2. The Hall–Kier alpha value is -2.31. The van der Waals surface area contributed by atoms with Crippen molar-refractivity contribution in [2.45, 2.75) is 65.5 Å². The van der Waals surface area contributed by atoms with Gasteiger partial charge in [-0.15, -0.1) is 11.3 Å². The van der Waals surface area contributed by atoms with Crippen LogP contribution in [0.2, 0.25) is 0 Å². The fourth-order valence-electron chi connectivity index (χ4n) is 4.87. The molecule has 2 aliphatic rings. The molecule has 0 aliphatic heterocycles. The van der Waals surface area contributed by atoms with Crippen molar-refractivity contribution < 1.29 is 9.18 Å². The highest BCUT2D eigenvalue weighted by molar-refractivity contribution is 7.15. The second kappa shape index (κ2) is 6.84. The highest BCUT2D eigenvalue weighted by Gasteiger charge is 2.36. The van der Waals surface area contributed by atoms with Crippen LogP contribution in [0.1, 0.15) is 78.5 Å². The number of aromatic nitrogens is 1. The monoisotopic (exact) mass is 438 g/mol. The summed E-state index contributed by atoms with van der Waals surface area (Å²) in [4.78, 5) is 27.0. The van der Waals surface area contributed by atoms with E-state index in [1.165, 1.54) is 18.6 Å². The Morgan fingerprint density at radius 2 is 2.00 bits per heavy atom. The molecule has 5 rings (SSSR count). The minimum Gasteiger partial charge on any atom is -0.343 e. The molecule has 2 aromatic heterocycles. The minimum atomic E-state index is -0.420. The lowest BCUT2D eigenvalue weighted by atomic mass is 9.74. The molecule has 0 saturated heterocycles. The molecule has 0 radical (unpaired) electrons. The highest BCUT2D eigenvalue weighted by atomic mass is 32.1. The molecule has 4 nitrogen and oxygen atoms in total. The number of ketones is 1. The molecule has 1 fully saturated rings. The Labute approximate surface area is 184 Å². The lowest BCUT2D eigenvalue weighted by molar-refractivity contribution is 0.101. The largest absolute Gasteiger partial charge is 0.343 e. The molecule has 1 unspecified atom stereocenters. The fraction of sp³-hybridized carbons (Fsp3) is 0.440. The molecule has 1 aromatic carbocycles. The zero-order valence-corrected chi connectivity index (χ0v) is 19.2. The van der Waals surface area contributed by atoms with E-state index in [0.29, 0.717) is 5.56 Å². The summed E-state index contributed by atoms with van der Waals surface area (Å²) in [6.45, 7) is 7.64. The van der Waals surface area contributed by atoms with Crippen LogP contribution >= 0.6 is 11.3 Å². The van der Waals surface area contributed by atoms with Gasteiger partial charge in [-0.3, -0.25) is 9.59 Å². The van der Waals surface area contributed by atoms with Crippen LogP contribution in [0.3, 0.4) is 0 Å². The summed E-state index contributed by atoms with van der Waals surface area (Å²) in [6.07, 6.45) is 5.62. The Balaban J connectivity index is 1.77. The molecule has 6 heteroatoms. The zero-order valence-electron chi connectivity index (χ0n) is 18.3. The maximum atomic E-state index is 15.5. The number of nitrogens with two attached hydrogens (primary N) is 1. The molecule has 162 valence electrons. The number of fused-ring (bicyclic) bond motifs is 2. The summed E-state index contributed by atoms with van der Waals surface area (Å²) >= 11 is 1.57. The van der Waals surface area contributed by atoms with Crippen LogP contribution in [0.5, 0.6) is 0 Å². The van der Waals surface area contributed by atoms with Gasteiger partial charge in [-0.2, -0.15) is 0 Å². The summed E-state index contributed by atoms with van der Waals surface area (Å²) in [6, 6.07) is 3.59. The van der Waals surface area contributed by atoms with Gasteiger partial charge in [0.25, 0.3) is 0 Å². The van der Waals surface area contributed by atoms with Crippen molar-refractivity contribution in [3.8, 4) is 10.4 Å². The van der Waals surface area contributed by atoms with Gasteiger partial charge in [-0.05, 0) is 68.2 Å². The molecule has 0 spiro atoms. The number of halogens is 1. The quantitative estimate of drug-likeness (QED) is 0.535. The predicted molar refractivity (Wildman–Crippen MR) is 124 cm³/mol. The summed E-state index contributed by atoms with van der Waals surface area (Å²) in [5.41, 5.74) is 9.56. The van der Waals surface area contributed by atoms with E-state index in [1.54, 1.807) is 17.5 Å². The zero-order chi connectivity index (χ0) is 22.2. The van der Waals surface area contributed by atoms with E-state index in [1.807, 2.05) is 11.5 Å². The van der Waals surface area contributed by atoms with Gasteiger partial charge in [0.15, 0.2) is 11.2 Å². The number of carbonyl (C=O) groups excluding carboxylic acids is 1. The third-order valence-electron chi connectivity index (χ3n) is 7.08. The third-order valence-corrected chi connectivity index (χ3v) is 8.36. The molecule has 2 aliphatic carbocycles. The van der Waals surface area contributed by atoms with Crippen molar-refractivity contribution in [1.29, 1.82) is 0 Å². The van der Waals surface area contributed by atoms with Gasteiger partial charge in [0.05, 0.1) is 11.1 Å². The van der Waals surface area contributed by atoms with E-state index in [-0.39, 0.29) is 39.7 Å². The molecule has 2 N–H and O–H groups in total. The molecular formula is C25H27FN2O2S. The number of carbonyl (C=O) groups is 1. The molecule has 1 saturated carbocycles. The number of hydrogen-bond donors (Lipinski definition) is 1. The summed E-state index contributed by atoms with van der Waals surface area (Å²) in [7, 11) is 0. The molecular weight excluding hydrogens is 411 g/mol. The van der Waals surface area contributed by atoms with Gasteiger partial charge >= 0.3 is 0 Å². The van der Waals surface area contributed by atoms with Crippen LogP contribution in [0.25, 0.3) is 21.3 Å². The number of Topliss-reactive ketones (excluding diaryl/α,β-unsaturated/α-hetero) is 1. The smallest absolute Gasteiger partial charge is 0.200 e. The normalized spacial score (nSPS) is 20.1. The third kappa shape index (κ3) is 3.11. The first-order valence-corrected chi connectivity index (χ1v) is 11.7. The van der Waals surface area contributed by atoms with Gasteiger partial charge in [0.2, 0.25) is 0 Å². The van der Waals surface area contributed by atoms with Crippen LogP contribution in [0.15, 0.2) is 23.1 Å². The second-order valence-corrected chi connectivity index (χ2v) is 10.9. The first kappa shape index (κ1) is 20.6. The Kier molecular flexibility index (Phi) is 4.54. The van der Waals surface area contributed by atoms with Crippen molar-refractivity contribution >= 4 is 28.0 Å². The van der Waals surface area contributed by atoms with E-state index < -0.39 is 5.82 Å². The van der Waals surface area contributed by atoms with Crippen molar-refractivity contribution in [2.24, 2.45) is 11.1 Å². The van der Waals surface area contributed by atoms with E-state index in [9.17, 15) is 9.59 Å². The lowest BCUT2D eigenvalue weighted by Crippen LogP contribution is -2.32. The van der Waals surface area contributed by atoms with E-state index in [4.69, 9.17) is 5.73 Å². The molecule has 0 bridgehead atoms. The fourth-order valence-corrected chi connectivity index (χ4v) is 6.39. The number of rotatable bonds is 3. The van der Waals surface area contributed by atoms with Crippen LogP contribution in [0, 0.1) is 18.2 Å². The molecule has 2 heterocycles. The van der Waals surface area contributed by atoms with Gasteiger partial charge in [0.1, 0.15) is 5.82 Å². The standard InChI is InChI=1S/C25H27FN2O2S/c1-12-20(19-9-14-7-8-25(3,4)24(27)23(14)31-19)18(26)10-16-21(12)28(15-5-6-15)11-17(13(2)29)22(16)30/h9-11,15,24H,5-8,27H2,1-4H3. The minimum absolute atomic E-state index is 0.0155. The average Bonchev–Trinajstić information content (AvgIpc) is 3.45. The molecule has 0 amide bonds. The van der Waals surface area contributed by atoms with Crippen LogP contribution < -0.4 is 11.2 Å². The van der Waals surface area contributed by atoms with Gasteiger partial charge in [-0.25, -0.2) is 4.39 Å². The number of thiophene rings is 1. The number of pyridine rings is 1. The van der Waals surface area contributed by atoms with Gasteiger partial charge in [-0.1, -0.05) is 13.8 Å². The molecule has 3 aromatic rings. The first-order chi connectivity index (χ1) is 14.6. The van der Waals surface area contributed by atoms with Gasteiger partial charge < -0.3 is 10.3 Å². The Morgan fingerprint density at radius 3 is 2.65 bits per heavy atom. The summed E-state index contributed by atoms with van der Waals surface area (Å²) in [5, 5.41) is 0.289. The van der Waals surface area contributed by atoms with E-state index in [0.717, 1.165) is 46.5 Å².